The van der Waals surface area contributed by atoms with Crippen LogP contribution in [0.15, 0.2) is 0 Å². The number of amides is 1. The lowest BCUT2D eigenvalue weighted by Crippen LogP contribution is -2.51. The van der Waals surface area contributed by atoms with E-state index in [4.69, 9.17) is 33.1 Å². The molecule has 3 aliphatic carbocycles. The Bertz CT molecular complexity index is 675. The van der Waals surface area contributed by atoms with Crippen LogP contribution in [0.3, 0.4) is 0 Å². The van der Waals surface area contributed by atoms with Gasteiger partial charge in [0.2, 0.25) is 15.9 Å². The highest BCUT2D eigenvalue weighted by Gasteiger charge is 2.42. The van der Waals surface area contributed by atoms with Crippen molar-refractivity contribution < 1.29 is 22.3 Å². The zero-order chi connectivity index (χ0) is 21.2. The Morgan fingerprint density at radius 1 is 1.00 bits per heavy atom. The lowest BCUT2D eigenvalue weighted by Gasteiger charge is -2.39. The van der Waals surface area contributed by atoms with Crippen LogP contribution in [0.1, 0.15) is 64.2 Å². The standard InChI is InChI=1S/C19H31Cl2FN2O4S/c20-16-9-15(18(10-17(16)21)28-13-6-4-11(22)5-7-13)19(25)24-12-2-1-3-14(8-12)29(23,26)27/h11-18H,1-10H2,(H,24,25)(H2,23,26,27). The summed E-state index contributed by atoms with van der Waals surface area (Å²) >= 11 is 12.7. The number of hydrogen-bond acceptors (Lipinski definition) is 4. The van der Waals surface area contributed by atoms with Crippen LogP contribution in [-0.4, -0.2) is 54.8 Å². The Hall–Kier alpha value is -0.150. The second-order valence-corrected chi connectivity index (χ2v) is 11.7. The number of nitrogens with one attached hydrogen (secondary N) is 1. The van der Waals surface area contributed by atoms with Crippen LogP contribution < -0.4 is 10.5 Å². The van der Waals surface area contributed by atoms with Crippen LogP contribution in [0.2, 0.25) is 0 Å². The molecule has 3 fully saturated rings. The summed E-state index contributed by atoms with van der Waals surface area (Å²) in [6, 6.07) is -0.232. The Labute approximate surface area is 182 Å². The van der Waals surface area contributed by atoms with E-state index in [1.807, 2.05) is 0 Å². The van der Waals surface area contributed by atoms with E-state index in [1.165, 1.54) is 0 Å². The second-order valence-electron chi connectivity index (χ2n) is 8.74. The van der Waals surface area contributed by atoms with E-state index in [0.29, 0.717) is 57.8 Å². The van der Waals surface area contributed by atoms with Crippen LogP contribution in [0.25, 0.3) is 0 Å². The third kappa shape index (κ3) is 6.42. The van der Waals surface area contributed by atoms with E-state index in [2.05, 4.69) is 5.32 Å². The quantitative estimate of drug-likeness (QED) is 0.600. The first-order valence-corrected chi connectivity index (χ1v) is 13.0. The third-order valence-electron chi connectivity index (χ3n) is 6.52. The molecular weight excluding hydrogens is 442 g/mol. The van der Waals surface area contributed by atoms with Gasteiger partial charge in [0.1, 0.15) is 6.17 Å². The van der Waals surface area contributed by atoms with E-state index < -0.39 is 27.4 Å². The maximum atomic E-state index is 13.4. The molecule has 168 valence electrons. The number of hydrogen-bond donors (Lipinski definition) is 2. The molecular formula is C19H31Cl2FN2O4S. The maximum absolute atomic E-state index is 13.4. The van der Waals surface area contributed by atoms with Gasteiger partial charge >= 0.3 is 0 Å². The van der Waals surface area contributed by atoms with Gasteiger partial charge in [-0.1, -0.05) is 6.42 Å². The number of alkyl halides is 3. The number of ether oxygens (including phenoxy) is 1. The zero-order valence-electron chi connectivity index (χ0n) is 16.4. The van der Waals surface area contributed by atoms with Gasteiger partial charge in [0, 0.05) is 6.04 Å². The van der Waals surface area contributed by atoms with Gasteiger partial charge in [-0.2, -0.15) is 0 Å². The van der Waals surface area contributed by atoms with E-state index >= 15 is 0 Å². The molecule has 0 radical (unpaired) electrons. The average Bonchev–Trinajstić information content (AvgIpc) is 2.66. The molecule has 0 aromatic rings. The fourth-order valence-electron chi connectivity index (χ4n) is 4.79. The van der Waals surface area contributed by atoms with Gasteiger partial charge in [-0.05, 0) is 57.8 Å². The van der Waals surface area contributed by atoms with Crippen LogP contribution >= 0.6 is 23.2 Å². The average molecular weight is 473 g/mol. The maximum Gasteiger partial charge on any atom is 0.226 e. The predicted octanol–water partition coefficient (Wildman–Crippen LogP) is 2.99. The molecule has 0 aromatic carbocycles. The number of primary sulfonamides is 1. The van der Waals surface area contributed by atoms with Crippen molar-refractivity contribution in [2.75, 3.05) is 0 Å². The number of nitrogens with two attached hydrogens (primary N) is 1. The van der Waals surface area contributed by atoms with Crippen molar-refractivity contribution in [2.24, 2.45) is 11.1 Å². The second kappa shape index (κ2) is 9.98. The van der Waals surface area contributed by atoms with E-state index in [1.54, 1.807) is 0 Å². The minimum atomic E-state index is -3.62. The van der Waals surface area contributed by atoms with Crippen molar-refractivity contribution >= 4 is 39.1 Å². The molecule has 1 amide bonds. The minimum absolute atomic E-state index is 0.0699. The van der Waals surface area contributed by atoms with Crippen LogP contribution in [0.4, 0.5) is 4.39 Å². The van der Waals surface area contributed by atoms with Crippen molar-refractivity contribution in [3.05, 3.63) is 0 Å². The Morgan fingerprint density at radius 2 is 1.66 bits per heavy atom. The van der Waals surface area contributed by atoms with Crippen molar-refractivity contribution in [2.45, 2.75) is 105 Å². The zero-order valence-corrected chi connectivity index (χ0v) is 18.8. The SMILES string of the molecule is NS(=O)(=O)C1CCCC(NC(=O)C2CC(Cl)C(Cl)CC2OC2CCC(F)CC2)C1. The molecule has 6 nitrogen and oxygen atoms in total. The van der Waals surface area contributed by atoms with Gasteiger partial charge in [0.05, 0.1) is 34.1 Å². The number of sulfonamides is 1. The smallest absolute Gasteiger partial charge is 0.226 e. The van der Waals surface area contributed by atoms with Gasteiger partial charge in [-0.3, -0.25) is 4.79 Å². The van der Waals surface area contributed by atoms with Gasteiger partial charge in [0.25, 0.3) is 0 Å². The van der Waals surface area contributed by atoms with Gasteiger partial charge in [-0.25, -0.2) is 17.9 Å². The van der Waals surface area contributed by atoms with Crippen LogP contribution in [-0.2, 0) is 19.6 Å². The van der Waals surface area contributed by atoms with Crippen molar-refractivity contribution in [1.82, 2.24) is 5.32 Å². The number of halogens is 3. The molecule has 0 spiro atoms. The predicted molar refractivity (Wildman–Crippen MR) is 111 cm³/mol. The number of rotatable bonds is 5. The largest absolute Gasteiger partial charge is 0.374 e. The molecule has 0 saturated heterocycles. The highest BCUT2D eigenvalue weighted by molar-refractivity contribution is 7.89. The molecule has 3 N–H and O–H groups in total. The molecule has 0 aliphatic heterocycles. The van der Waals surface area contributed by atoms with E-state index in [-0.39, 0.29) is 34.9 Å². The molecule has 0 aromatic heterocycles. The highest BCUT2D eigenvalue weighted by Crippen LogP contribution is 2.37. The summed E-state index contributed by atoms with van der Waals surface area (Å²) in [5, 5.41) is 7.05. The molecule has 0 heterocycles. The summed E-state index contributed by atoms with van der Waals surface area (Å²) in [4.78, 5) is 13.0. The molecule has 3 rings (SSSR count). The monoisotopic (exact) mass is 472 g/mol. The van der Waals surface area contributed by atoms with Gasteiger partial charge < -0.3 is 10.1 Å². The van der Waals surface area contributed by atoms with E-state index in [9.17, 15) is 17.6 Å². The number of carbonyl (C=O) groups is 1. The third-order valence-corrected chi connectivity index (χ3v) is 8.97. The van der Waals surface area contributed by atoms with Crippen molar-refractivity contribution in [1.29, 1.82) is 0 Å². The van der Waals surface area contributed by atoms with Crippen molar-refractivity contribution in [3.8, 4) is 0 Å². The molecule has 3 saturated carbocycles. The van der Waals surface area contributed by atoms with Gasteiger partial charge in [0.15, 0.2) is 0 Å². The minimum Gasteiger partial charge on any atom is -0.374 e. The summed E-state index contributed by atoms with van der Waals surface area (Å²) in [5.41, 5.74) is 0. The fourth-order valence-corrected chi connectivity index (χ4v) is 6.36. The van der Waals surface area contributed by atoms with E-state index in [0.717, 1.165) is 6.42 Å². The summed E-state index contributed by atoms with van der Waals surface area (Å²) in [6.07, 6.45) is 4.16. The first-order chi connectivity index (χ1) is 13.6. The summed E-state index contributed by atoms with van der Waals surface area (Å²) in [7, 11) is -3.62. The molecule has 0 bridgehead atoms. The van der Waals surface area contributed by atoms with Crippen LogP contribution in [0.5, 0.6) is 0 Å². The highest BCUT2D eigenvalue weighted by atomic mass is 35.5. The van der Waals surface area contributed by atoms with Gasteiger partial charge in [-0.15, -0.1) is 23.2 Å². The van der Waals surface area contributed by atoms with Crippen molar-refractivity contribution in [3.63, 3.8) is 0 Å². The summed E-state index contributed by atoms with van der Waals surface area (Å²) in [5.74, 6) is -0.631. The molecule has 3 aliphatic rings. The molecule has 29 heavy (non-hydrogen) atoms. The molecule has 6 atom stereocenters. The number of carbonyl (C=O) groups excluding carboxylic acids is 1. The Balaban J connectivity index is 1.62. The van der Waals surface area contributed by atoms with Crippen LogP contribution in [0, 0.1) is 5.92 Å². The normalized spacial score (nSPS) is 41.7. The lowest BCUT2D eigenvalue weighted by molar-refractivity contribution is -0.138. The lowest BCUT2D eigenvalue weighted by atomic mass is 9.83. The first-order valence-electron chi connectivity index (χ1n) is 10.5. The molecule has 10 heteroatoms. The Kier molecular flexibility index (Phi) is 8.09. The summed E-state index contributed by atoms with van der Waals surface area (Å²) in [6.45, 7) is 0. The topological polar surface area (TPSA) is 98.5 Å². The fraction of sp³-hybridized carbons (Fsp3) is 0.947. The summed E-state index contributed by atoms with van der Waals surface area (Å²) < 4.78 is 43.0. The first kappa shape index (κ1) is 23.5. The molecule has 6 unspecified atom stereocenters. The Morgan fingerprint density at radius 3 is 2.31 bits per heavy atom.